The maximum Gasteiger partial charge on any atom is 0.130 e. The second-order valence-electron chi connectivity index (χ2n) is 7.89. The third-order valence-corrected chi connectivity index (χ3v) is 6.35. The molecule has 30 heavy (non-hydrogen) atoms. The Morgan fingerprint density at radius 3 is 1.97 bits per heavy atom. The molecule has 154 valence electrons. The second kappa shape index (κ2) is 8.04. The average Bonchev–Trinajstić information content (AvgIpc) is 2.83. The van der Waals surface area contributed by atoms with Crippen molar-refractivity contribution in [1.82, 2.24) is 0 Å². The van der Waals surface area contributed by atoms with Gasteiger partial charge >= 0.3 is 0 Å². The summed E-state index contributed by atoms with van der Waals surface area (Å²) in [6.07, 6.45) is 0.850. The maximum absolute atomic E-state index is 6.61. The van der Waals surface area contributed by atoms with Crippen LogP contribution in [0.5, 0.6) is 17.2 Å². The minimum Gasteiger partial charge on any atom is -0.497 e. The van der Waals surface area contributed by atoms with Crippen molar-refractivity contribution in [3.8, 4) is 17.2 Å². The second-order valence-corrected chi connectivity index (χ2v) is 7.89. The summed E-state index contributed by atoms with van der Waals surface area (Å²) >= 11 is 0. The summed E-state index contributed by atoms with van der Waals surface area (Å²) in [5.74, 6) is 3.23. The van der Waals surface area contributed by atoms with Crippen LogP contribution in [-0.4, -0.2) is 20.8 Å². The molecule has 2 aliphatic rings. The summed E-state index contributed by atoms with van der Waals surface area (Å²) in [4.78, 5) is 0. The van der Waals surface area contributed by atoms with Gasteiger partial charge in [-0.2, -0.15) is 0 Å². The minimum atomic E-state index is -0.0943. The van der Waals surface area contributed by atoms with Gasteiger partial charge in [-0.1, -0.05) is 42.5 Å². The van der Waals surface area contributed by atoms with Crippen LogP contribution in [0.1, 0.15) is 41.2 Å². The first-order valence-corrected chi connectivity index (χ1v) is 10.4. The van der Waals surface area contributed by atoms with E-state index in [-0.39, 0.29) is 18.1 Å². The normalized spacial score (nSPS) is 24.9. The molecule has 1 fully saturated rings. The van der Waals surface area contributed by atoms with Crippen LogP contribution in [0, 0.1) is 5.92 Å². The van der Waals surface area contributed by atoms with Gasteiger partial charge in [0.05, 0.1) is 20.3 Å². The molecule has 0 aromatic heterocycles. The van der Waals surface area contributed by atoms with Crippen molar-refractivity contribution in [2.24, 2.45) is 5.92 Å². The van der Waals surface area contributed by atoms with E-state index in [1.807, 2.05) is 30.3 Å². The van der Waals surface area contributed by atoms with Crippen molar-refractivity contribution in [3.05, 3.63) is 89.5 Å². The zero-order chi connectivity index (χ0) is 20.5. The lowest BCUT2D eigenvalue weighted by molar-refractivity contribution is -0.0902. The summed E-state index contributed by atoms with van der Waals surface area (Å²) in [5.41, 5.74) is 3.59. The molecule has 0 amide bonds. The van der Waals surface area contributed by atoms with E-state index in [4.69, 9.17) is 18.9 Å². The fourth-order valence-electron chi connectivity index (χ4n) is 4.87. The molecule has 1 saturated heterocycles. The van der Waals surface area contributed by atoms with Crippen molar-refractivity contribution in [3.63, 3.8) is 0 Å². The van der Waals surface area contributed by atoms with Gasteiger partial charge in [0.15, 0.2) is 0 Å². The predicted molar refractivity (Wildman–Crippen MR) is 115 cm³/mol. The molecule has 0 bridgehead atoms. The molecule has 5 rings (SSSR count). The minimum absolute atomic E-state index is 0.0462. The van der Waals surface area contributed by atoms with Crippen molar-refractivity contribution in [1.29, 1.82) is 0 Å². The van der Waals surface area contributed by atoms with Gasteiger partial charge in [-0.25, -0.2) is 0 Å². The summed E-state index contributed by atoms with van der Waals surface area (Å²) in [7, 11) is 3.38. The predicted octanol–water partition coefficient (Wildman–Crippen LogP) is 5.70. The van der Waals surface area contributed by atoms with Gasteiger partial charge in [0.25, 0.3) is 0 Å². The highest BCUT2D eigenvalue weighted by atomic mass is 16.5. The van der Waals surface area contributed by atoms with Crippen LogP contribution in [0.2, 0.25) is 0 Å². The molecule has 0 aliphatic carbocycles. The van der Waals surface area contributed by atoms with E-state index in [1.54, 1.807) is 14.2 Å². The monoisotopic (exact) mass is 402 g/mol. The Bertz CT molecular complexity index is 996. The summed E-state index contributed by atoms with van der Waals surface area (Å²) < 4.78 is 23.7. The first-order valence-electron chi connectivity index (χ1n) is 10.4. The largest absolute Gasteiger partial charge is 0.497 e. The van der Waals surface area contributed by atoms with Crippen LogP contribution in [0.15, 0.2) is 72.8 Å². The van der Waals surface area contributed by atoms with Crippen LogP contribution in [0.25, 0.3) is 0 Å². The van der Waals surface area contributed by atoms with Gasteiger partial charge < -0.3 is 18.9 Å². The molecule has 4 nitrogen and oxygen atoms in total. The van der Waals surface area contributed by atoms with Crippen molar-refractivity contribution >= 4 is 0 Å². The Kier molecular flexibility index (Phi) is 5.09. The molecule has 3 aromatic carbocycles. The number of hydrogen-bond acceptors (Lipinski definition) is 4. The first kappa shape index (κ1) is 19.0. The molecule has 0 radical (unpaired) electrons. The number of hydrogen-bond donors (Lipinski definition) is 0. The number of ether oxygens (including phenoxy) is 4. The number of fused-ring (bicyclic) bond motifs is 3. The quantitative estimate of drug-likeness (QED) is 0.561. The molecule has 2 heterocycles. The maximum atomic E-state index is 6.61. The molecule has 2 aliphatic heterocycles. The van der Waals surface area contributed by atoms with E-state index in [0.717, 1.165) is 41.4 Å². The first-order chi connectivity index (χ1) is 14.8. The van der Waals surface area contributed by atoms with Crippen molar-refractivity contribution < 1.29 is 18.9 Å². The topological polar surface area (TPSA) is 36.9 Å². The molecule has 0 unspecified atom stereocenters. The Labute approximate surface area is 177 Å². The van der Waals surface area contributed by atoms with Crippen molar-refractivity contribution in [2.45, 2.75) is 24.5 Å². The van der Waals surface area contributed by atoms with E-state index in [9.17, 15) is 0 Å². The number of rotatable bonds is 4. The van der Waals surface area contributed by atoms with E-state index in [1.165, 1.54) is 5.56 Å². The zero-order valence-corrected chi connectivity index (χ0v) is 17.3. The van der Waals surface area contributed by atoms with Crippen LogP contribution in [-0.2, 0) is 4.74 Å². The Balaban J connectivity index is 1.58. The summed E-state index contributed by atoms with van der Waals surface area (Å²) in [6.45, 7) is 0.738. The molecule has 0 saturated carbocycles. The zero-order valence-electron chi connectivity index (χ0n) is 17.3. The van der Waals surface area contributed by atoms with Gasteiger partial charge in [-0.3, -0.25) is 0 Å². The highest BCUT2D eigenvalue weighted by Gasteiger charge is 2.46. The molecule has 0 spiro atoms. The van der Waals surface area contributed by atoms with Gasteiger partial charge in [0.2, 0.25) is 0 Å². The fraction of sp³-hybridized carbons (Fsp3) is 0.308. The lowest BCUT2D eigenvalue weighted by Crippen LogP contribution is -2.39. The van der Waals surface area contributed by atoms with Crippen LogP contribution >= 0.6 is 0 Å². The van der Waals surface area contributed by atoms with Gasteiger partial charge in [0.1, 0.15) is 23.4 Å². The van der Waals surface area contributed by atoms with Crippen LogP contribution in [0.3, 0.4) is 0 Å². The van der Waals surface area contributed by atoms with E-state index < -0.39 is 0 Å². The molecule has 4 atom stereocenters. The van der Waals surface area contributed by atoms with Gasteiger partial charge in [-0.05, 0) is 59.4 Å². The highest BCUT2D eigenvalue weighted by Crippen LogP contribution is 2.55. The van der Waals surface area contributed by atoms with Crippen molar-refractivity contribution in [2.75, 3.05) is 20.8 Å². The lowest BCUT2D eigenvalue weighted by atomic mass is 9.70. The Hall–Kier alpha value is -2.98. The number of para-hydroxylation sites is 1. The Morgan fingerprint density at radius 2 is 1.33 bits per heavy atom. The highest BCUT2D eigenvalue weighted by molar-refractivity contribution is 5.43. The van der Waals surface area contributed by atoms with Crippen LogP contribution < -0.4 is 14.2 Å². The lowest BCUT2D eigenvalue weighted by Gasteiger charge is -2.46. The SMILES string of the molecule is COc1ccc([C@@H]2OCC[C@H]3c4ccccc4O[C@@H](c4ccc(OC)cc4)[C@@H]32)cc1. The van der Waals surface area contributed by atoms with Gasteiger partial charge in [-0.15, -0.1) is 0 Å². The van der Waals surface area contributed by atoms with Gasteiger partial charge in [0, 0.05) is 12.5 Å². The fourth-order valence-corrected chi connectivity index (χ4v) is 4.87. The number of benzene rings is 3. The molecule has 0 N–H and O–H groups in total. The van der Waals surface area contributed by atoms with E-state index in [2.05, 4.69) is 42.5 Å². The number of methoxy groups -OCH3 is 2. The third-order valence-electron chi connectivity index (χ3n) is 6.35. The molecular weight excluding hydrogens is 376 g/mol. The third kappa shape index (κ3) is 3.31. The molecular formula is C26H26O4. The van der Waals surface area contributed by atoms with E-state index in [0.29, 0.717) is 5.92 Å². The van der Waals surface area contributed by atoms with E-state index >= 15 is 0 Å². The Morgan fingerprint density at radius 1 is 0.733 bits per heavy atom. The van der Waals surface area contributed by atoms with Crippen LogP contribution in [0.4, 0.5) is 0 Å². The molecule has 4 heteroatoms. The summed E-state index contributed by atoms with van der Waals surface area (Å²) in [5, 5.41) is 0. The summed E-state index contributed by atoms with van der Waals surface area (Å²) in [6, 6.07) is 24.9. The standard InChI is InChI=1S/C26H26O4/c1-27-19-11-7-17(8-12-19)25-24-22(15-16-29-25)21-5-3-4-6-23(21)30-26(24)18-9-13-20(28-2)14-10-18/h3-14,22,24-26H,15-16H2,1-2H3/t22-,24-,25-,26-/m0/s1. The average molecular weight is 402 g/mol. The smallest absolute Gasteiger partial charge is 0.130 e. The molecule has 3 aromatic rings.